The van der Waals surface area contributed by atoms with Gasteiger partial charge in [-0.25, -0.2) is 9.78 Å². The van der Waals surface area contributed by atoms with Crippen LogP contribution in [0.3, 0.4) is 0 Å². The van der Waals surface area contributed by atoms with E-state index in [9.17, 15) is 24.0 Å². The molecule has 0 saturated heterocycles. The summed E-state index contributed by atoms with van der Waals surface area (Å²) in [4.78, 5) is 68.1. The molecule has 38 heavy (non-hydrogen) atoms. The van der Waals surface area contributed by atoms with Crippen molar-refractivity contribution in [2.75, 3.05) is 11.9 Å². The Hall–Kier alpha value is -4.08. The zero-order valence-electron chi connectivity index (χ0n) is 22.2. The third kappa shape index (κ3) is 7.24. The number of hydrogen-bond donors (Lipinski definition) is 2. The smallest absolute Gasteiger partial charge is 0.412 e. The van der Waals surface area contributed by atoms with E-state index in [4.69, 9.17) is 4.74 Å². The minimum atomic E-state index is -0.963. The molecule has 2 amide bonds. The Kier molecular flexibility index (Phi) is 9.33. The monoisotopic (exact) mass is 522 g/mol. The van der Waals surface area contributed by atoms with Crippen LogP contribution in [0.5, 0.6) is 0 Å². The lowest BCUT2D eigenvalue weighted by molar-refractivity contribution is -0.131. The van der Waals surface area contributed by atoms with Gasteiger partial charge in [-0.2, -0.15) is 0 Å². The fourth-order valence-corrected chi connectivity index (χ4v) is 4.10. The van der Waals surface area contributed by atoms with E-state index in [1.54, 1.807) is 20.8 Å². The van der Waals surface area contributed by atoms with Crippen LogP contribution in [-0.2, 0) is 19.1 Å². The van der Waals surface area contributed by atoms with Gasteiger partial charge in [0.15, 0.2) is 0 Å². The summed E-state index contributed by atoms with van der Waals surface area (Å²) in [5.74, 6) is -1.71. The van der Waals surface area contributed by atoms with Crippen molar-refractivity contribution in [1.82, 2.24) is 14.9 Å². The second-order valence-electron chi connectivity index (χ2n) is 10.1. The highest BCUT2D eigenvalue weighted by Crippen LogP contribution is 2.27. The number of rotatable bonds is 9. The van der Waals surface area contributed by atoms with E-state index in [0.29, 0.717) is 25.1 Å². The van der Waals surface area contributed by atoms with Gasteiger partial charge in [0, 0.05) is 18.0 Å². The molecule has 1 aromatic heterocycles. The fraction of sp³-hybridized carbons (Fsp3) is 0.429. The molecule has 0 saturated carbocycles. The molecule has 1 heterocycles. The van der Waals surface area contributed by atoms with Gasteiger partial charge in [0.05, 0.1) is 6.20 Å². The number of aromatic nitrogens is 2. The largest absolute Gasteiger partial charge is 0.444 e. The fourth-order valence-electron chi connectivity index (χ4n) is 4.10. The molecule has 0 fully saturated rings. The van der Waals surface area contributed by atoms with Crippen molar-refractivity contribution in [2.45, 2.75) is 70.9 Å². The van der Waals surface area contributed by atoms with E-state index in [0.717, 1.165) is 6.42 Å². The van der Waals surface area contributed by atoms with Gasteiger partial charge in [0.25, 0.3) is 5.56 Å². The predicted octanol–water partition coefficient (Wildman–Crippen LogP) is 3.67. The van der Waals surface area contributed by atoms with Crippen LogP contribution in [0.25, 0.3) is 0 Å². The van der Waals surface area contributed by atoms with Gasteiger partial charge in [-0.05, 0) is 39.7 Å². The molecule has 10 nitrogen and oxygen atoms in total. The lowest BCUT2D eigenvalue weighted by atomic mass is 9.98. The van der Waals surface area contributed by atoms with Crippen LogP contribution in [-0.4, -0.2) is 45.3 Å². The Morgan fingerprint density at radius 1 is 1.18 bits per heavy atom. The van der Waals surface area contributed by atoms with Crippen molar-refractivity contribution >= 4 is 29.3 Å². The number of Topliss-reactive ketones (excluding diaryl/α,β-unsaturated/α-hetero) is 1. The van der Waals surface area contributed by atoms with Crippen LogP contribution in [0.1, 0.15) is 71.2 Å². The van der Waals surface area contributed by atoms with Gasteiger partial charge in [0.2, 0.25) is 17.5 Å². The summed E-state index contributed by atoms with van der Waals surface area (Å²) in [6.45, 7) is 6.92. The van der Waals surface area contributed by atoms with Crippen LogP contribution >= 0.6 is 0 Å². The highest BCUT2D eigenvalue weighted by Gasteiger charge is 2.30. The van der Waals surface area contributed by atoms with Crippen molar-refractivity contribution in [2.24, 2.45) is 0 Å². The predicted molar refractivity (Wildman–Crippen MR) is 143 cm³/mol. The molecule has 10 heteroatoms. The van der Waals surface area contributed by atoms with Crippen LogP contribution in [0.15, 0.2) is 59.1 Å². The van der Waals surface area contributed by atoms with E-state index in [1.165, 1.54) is 29.0 Å². The Bertz CT molecular complexity index is 1280. The molecule has 2 unspecified atom stereocenters. The second-order valence-corrected chi connectivity index (χ2v) is 10.1. The molecule has 2 aliphatic rings. The van der Waals surface area contributed by atoms with Gasteiger partial charge >= 0.3 is 6.09 Å². The molecular weight excluding hydrogens is 488 g/mol. The van der Waals surface area contributed by atoms with Crippen molar-refractivity contribution in [3.63, 3.8) is 0 Å². The Balaban J connectivity index is 1.99. The number of anilines is 1. The summed E-state index contributed by atoms with van der Waals surface area (Å²) in [5, 5.41) is 5.18. The molecule has 202 valence electrons. The zero-order valence-corrected chi connectivity index (χ0v) is 22.2. The molecule has 0 bridgehead atoms. The second kappa shape index (κ2) is 12.4. The Morgan fingerprint density at radius 3 is 2.61 bits per heavy atom. The van der Waals surface area contributed by atoms with Crippen LogP contribution < -0.4 is 16.2 Å². The summed E-state index contributed by atoms with van der Waals surface area (Å²) in [5.41, 5.74) is -1.33. The van der Waals surface area contributed by atoms with E-state index in [-0.39, 0.29) is 23.7 Å². The summed E-state index contributed by atoms with van der Waals surface area (Å²) in [7, 11) is 0. The van der Waals surface area contributed by atoms with E-state index in [1.807, 2.05) is 31.2 Å². The average Bonchev–Trinajstić information content (AvgIpc) is 2.86. The van der Waals surface area contributed by atoms with E-state index >= 15 is 0 Å². The lowest BCUT2D eigenvalue weighted by Crippen LogP contribution is -2.42. The maximum absolute atomic E-state index is 13.8. The molecule has 0 aliphatic heterocycles. The van der Waals surface area contributed by atoms with Gasteiger partial charge in [0.1, 0.15) is 23.2 Å². The summed E-state index contributed by atoms with van der Waals surface area (Å²) in [6.07, 6.45) is 14.5. The van der Waals surface area contributed by atoms with Crippen molar-refractivity contribution < 1.29 is 23.9 Å². The SMILES string of the molecule is CCCCC(C(=O)NCC1=CC=CC(=O)C1=O)n1c(C2C=CC=CC2)ncc(NC(=O)OC(C)(C)C)c1=O. The minimum Gasteiger partial charge on any atom is -0.444 e. The molecule has 1 aromatic rings. The molecule has 0 aromatic carbocycles. The highest BCUT2D eigenvalue weighted by atomic mass is 16.6. The highest BCUT2D eigenvalue weighted by molar-refractivity contribution is 6.48. The number of nitrogens with zero attached hydrogens (tertiary/aromatic N) is 2. The third-order valence-electron chi connectivity index (χ3n) is 5.93. The number of carbonyl (C=O) groups is 4. The maximum Gasteiger partial charge on any atom is 0.412 e. The molecule has 3 rings (SSSR count). The van der Waals surface area contributed by atoms with Crippen molar-refractivity contribution in [3.05, 3.63) is 70.5 Å². The first-order valence-corrected chi connectivity index (χ1v) is 12.7. The molecule has 2 N–H and O–H groups in total. The average molecular weight is 523 g/mol. The maximum atomic E-state index is 13.8. The first kappa shape index (κ1) is 28.5. The number of ether oxygens (including phenoxy) is 1. The Morgan fingerprint density at radius 2 is 1.95 bits per heavy atom. The number of ketones is 2. The van der Waals surface area contributed by atoms with Crippen molar-refractivity contribution in [1.29, 1.82) is 0 Å². The molecular formula is C28H34N4O6. The summed E-state index contributed by atoms with van der Waals surface area (Å²) < 4.78 is 6.61. The van der Waals surface area contributed by atoms with Gasteiger partial charge in [-0.15, -0.1) is 0 Å². The van der Waals surface area contributed by atoms with Crippen LogP contribution in [0.2, 0.25) is 0 Å². The number of hydrogen-bond acceptors (Lipinski definition) is 7. The van der Waals surface area contributed by atoms with Crippen molar-refractivity contribution in [3.8, 4) is 0 Å². The third-order valence-corrected chi connectivity index (χ3v) is 5.93. The molecule has 0 spiro atoms. The zero-order chi connectivity index (χ0) is 27.9. The number of unbranched alkanes of at least 4 members (excludes halogenated alkanes) is 1. The van der Waals surface area contributed by atoms with Gasteiger partial charge in [-0.1, -0.05) is 56.2 Å². The first-order valence-electron chi connectivity index (χ1n) is 12.7. The summed E-state index contributed by atoms with van der Waals surface area (Å²) >= 11 is 0. The lowest BCUT2D eigenvalue weighted by Gasteiger charge is -2.26. The van der Waals surface area contributed by atoms with Crippen LogP contribution in [0, 0.1) is 0 Å². The molecule has 0 radical (unpaired) electrons. The minimum absolute atomic E-state index is 0.117. The molecule has 2 atom stereocenters. The number of carbonyl (C=O) groups excluding carboxylic acids is 4. The normalized spacial score (nSPS) is 17.7. The van der Waals surface area contributed by atoms with Gasteiger partial charge < -0.3 is 10.1 Å². The summed E-state index contributed by atoms with van der Waals surface area (Å²) in [6, 6.07) is -0.963. The van der Waals surface area contributed by atoms with Crippen LogP contribution in [0.4, 0.5) is 10.5 Å². The standard InChI is InChI=1S/C28H34N4O6/c1-5-6-14-21(25(35)30-16-19-13-10-15-22(33)23(19)34)32-24(18-11-8-7-9-12-18)29-17-20(26(32)36)31-27(37)38-28(2,3)4/h7-11,13,15,17-18,21H,5-6,12,14,16H2,1-4H3,(H,30,35)(H,31,37). The number of amides is 2. The topological polar surface area (TPSA) is 136 Å². The van der Waals surface area contributed by atoms with Gasteiger partial charge in [-0.3, -0.25) is 29.1 Å². The van der Waals surface area contributed by atoms with E-state index in [2.05, 4.69) is 15.6 Å². The van der Waals surface area contributed by atoms with E-state index < -0.39 is 40.8 Å². The Labute approximate surface area is 221 Å². The number of allylic oxidation sites excluding steroid dienone is 7. The quantitative estimate of drug-likeness (QED) is 0.373. The number of nitrogens with one attached hydrogen (secondary N) is 2. The first-order chi connectivity index (χ1) is 18.0. The molecule has 2 aliphatic carbocycles.